The van der Waals surface area contributed by atoms with E-state index in [9.17, 15) is 4.39 Å². The highest BCUT2D eigenvalue weighted by molar-refractivity contribution is 4.53. The summed E-state index contributed by atoms with van der Waals surface area (Å²) in [6, 6.07) is 0. The van der Waals surface area contributed by atoms with E-state index in [0.717, 1.165) is 19.4 Å². The molecule has 0 aliphatic carbocycles. The Morgan fingerprint density at radius 3 is 1.39 bits per heavy atom. The molecule has 1 fully saturated rings. The van der Waals surface area contributed by atoms with Crippen LogP contribution in [0.5, 0.6) is 0 Å². The van der Waals surface area contributed by atoms with Crippen molar-refractivity contribution in [3.8, 4) is 0 Å². The van der Waals surface area contributed by atoms with Crippen molar-refractivity contribution in [2.75, 3.05) is 99.2 Å². The van der Waals surface area contributed by atoms with Crippen LogP contribution in [0.3, 0.4) is 0 Å². The van der Waals surface area contributed by atoms with Gasteiger partial charge in [0.15, 0.2) is 6.29 Å². The molecule has 0 radical (unpaired) electrons. The Kier molecular flexibility index (Phi) is 19.5. The van der Waals surface area contributed by atoms with Crippen molar-refractivity contribution in [2.45, 2.75) is 25.6 Å². The number of ether oxygens (including phenoxy) is 8. The number of hydrogen-bond donors (Lipinski definition) is 0. The maximum Gasteiger partial charge on any atom is 0.157 e. The molecule has 0 bridgehead atoms. The molecule has 1 aliphatic rings. The minimum Gasteiger partial charge on any atom is -0.377 e. The summed E-state index contributed by atoms with van der Waals surface area (Å²) in [6.45, 7) is 6.53. The fourth-order valence-corrected chi connectivity index (χ4v) is 2.34. The van der Waals surface area contributed by atoms with Gasteiger partial charge in [-0.25, -0.2) is 4.39 Å². The molecule has 28 heavy (non-hydrogen) atoms. The molecule has 1 rings (SSSR count). The predicted octanol–water partition coefficient (Wildman–Crippen LogP) is 1.60. The van der Waals surface area contributed by atoms with Crippen molar-refractivity contribution in [3.63, 3.8) is 0 Å². The van der Waals surface area contributed by atoms with Gasteiger partial charge in [-0.05, 0) is 19.3 Å². The second-order valence-corrected chi connectivity index (χ2v) is 6.03. The van der Waals surface area contributed by atoms with Crippen LogP contribution in [0.4, 0.5) is 4.39 Å². The van der Waals surface area contributed by atoms with Gasteiger partial charge in [0.05, 0.1) is 85.9 Å². The maximum absolute atomic E-state index is 11.8. The van der Waals surface area contributed by atoms with Crippen molar-refractivity contribution in [1.29, 1.82) is 0 Å². The van der Waals surface area contributed by atoms with E-state index in [1.165, 1.54) is 6.42 Å². The Labute approximate surface area is 167 Å². The SMILES string of the molecule is FCCOCCOCCOCCOCCOCCOCCOC1CCCCO1. The van der Waals surface area contributed by atoms with Gasteiger partial charge in [-0.1, -0.05) is 0 Å². The first-order chi connectivity index (χ1) is 13.9. The molecule has 1 aliphatic heterocycles. The lowest BCUT2D eigenvalue weighted by Crippen LogP contribution is -2.24. The van der Waals surface area contributed by atoms with Crippen molar-refractivity contribution >= 4 is 0 Å². The zero-order valence-electron chi connectivity index (χ0n) is 16.9. The largest absolute Gasteiger partial charge is 0.377 e. The average Bonchev–Trinajstić information content (AvgIpc) is 2.73. The first-order valence-corrected chi connectivity index (χ1v) is 10.2. The summed E-state index contributed by atoms with van der Waals surface area (Å²) in [5, 5.41) is 0. The van der Waals surface area contributed by atoms with Gasteiger partial charge in [0, 0.05) is 6.61 Å². The van der Waals surface area contributed by atoms with E-state index in [1.54, 1.807) is 0 Å². The maximum atomic E-state index is 11.8. The van der Waals surface area contributed by atoms with Crippen LogP contribution >= 0.6 is 0 Å². The van der Waals surface area contributed by atoms with E-state index in [2.05, 4.69) is 0 Å². The van der Waals surface area contributed by atoms with Crippen LogP contribution in [-0.2, 0) is 37.9 Å². The highest BCUT2D eigenvalue weighted by Gasteiger charge is 2.13. The Bertz CT molecular complexity index is 306. The molecule has 0 aromatic rings. The summed E-state index contributed by atoms with van der Waals surface area (Å²) in [7, 11) is 0. The molecule has 1 heterocycles. The summed E-state index contributed by atoms with van der Waals surface area (Å²) in [4.78, 5) is 0. The highest BCUT2D eigenvalue weighted by Crippen LogP contribution is 2.13. The van der Waals surface area contributed by atoms with Crippen molar-refractivity contribution in [1.82, 2.24) is 0 Å². The summed E-state index contributed by atoms with van der Waals surface area (Å²) in [6.07, 6.45) is 3.21. The van der Waals surface area contributed by atoms with Crippen molar-refractivity contribution < 1.29 is 42.3 Å². The van der Waals surface area contributed by atoms with Crippen LogP contribution in [0.2, 0.25) is 0 Å². The van der Waals surface area contributed by atoms with E-state index < -0.39 is 6.67 Å². The summed E-state index contributed by atoms with van der Waals surface area (Å²) in [5.41, 5.74) is 0. The Hall–Kier alpha value is -0.390. The molecule has 0 N–H and O–H groups in total. The molecular formula is C19H37FO8. The zero-order valence-corrected chi connectivity index (χ0v) is 16.9. The lowest BCUT2D eigenvalue weighted by atomic mass is 10.2. The van der Waals surface area contributed by atoms with Crippen LogP contribution in [0.25, 0.3) is 0 Å². The molecule has 8 nitrogen and oxygen atoms in total. The Balaban J connectivity index is 1.64. The zero-order chi connectivity index (χ0) is 20.0. The van der Waals surface area contributed by atoms with Gasteiger partial charge < -0.3 is 37.9 Å². The van der Waals surface area contributed by atoms with Gasteiger partial charge in [0.25, 0.3) is 0 Å². The molecule has 1 saturated heterocycles. The van der Waals surface area contributed by atoms with E-state index in [4.69, 9.17) is 37.9 Å². The van der Waals surface area contributed by atoms with E-state index >= 15 is 0 Å². The molecule has 1 unspecified atom stereocenters. The standard InChI is InChI=1S/C19H37FO8/c20-4-6-21-7-8-22-9-10-23-11-12-24-13-14-25-15-16-26-17-18-28-19-3-1-2-5-27-19/h19H,1-18H2. The molecule has 0 spiro atoms. The van der Waals surface area contributed by atoms with Crippen LogP contribution in [0.1, 0.15) is 19.3 Å². The molecule has 0 aromatic heterocycles. The third kappa shape index (κ3) is 17.7. The van der Waals surface area contributed by atoms with Crippen LogP contribution < -0.4 is 0 Å². The summed E-state index contributed by atoms with van der Waals surface area (Å²) in [5.74, 6) is 0. The van der Waals surface area contributed by atoms with Gasteiger partial charge in [-0.2, -0.15) is 0 Å². The van der Waals surface area contributed by atoms with Crippen molar-refractivity contribution in [3.05, 3.63) is 0 Å². The predicted molar refractivity (Wildman–Crippen MR) is 100 cm³/mol. The van der Waals surface area contributed by atoms with Crippen LogP contribution in [0, 0.1) is 0 Å². The minimum absolute atomic E-state index is 0.0600. The number of halogens is 1. The fourth-order valence-electron chi connectivity index (χ4n) is 2.34. The molecule has 168 valence electrons. The molecule has 0 amide bonds. The Morgan fingerprint density at radius 1 is 0.571 bits per heavy atom. The second kappa shape index (κ2) is 21.3. The monoisotopic (exact) mass is 412 g/mol. The van der Waals surface area contributed by atoms with Gasteiger partial charge in [0.1, 0.15) is 6.67 Å². The van der Waals surface area contributed by atoms with E-state index in [0.29, 0.717) is 79.3 Å². The summed E-state index contributed by atoms with van der Waals surface area (Å²) >= 11 is 0. The average molecular weight is 412 g/mol. The number of rotatable bonds is 21. The van der Waals surface area contributed by atoms with Crippen molar-refractivity contribution in [2.24, 2.45) is 0 Å². The molecule has 0 aromatic carbocycles. The lowest BCUT2D eigenvalue weighted by Gasteiger charge is -2.22. The normalized spacial score (nSPS) is 17.2. The highest BCUT2D eigenvalue weighted by atomic mass is 19.1. The number of hydrogen-bond acceptors (Lipinski definition) is 8. The fraction of sp³-hybridized carbons (Fsp3) is 1.00. The minimum atomic E-state index is -0.464. The second-order valence-electron chi connectivity index (χ2n) is 6.03. The smallest absolute Gasteiger partial charge is 0.157 e. The molecule has 1 atom stereocenters. The van der Waals surface area contributed by atoms with Crippen LogP contribution in [-0.4, -0.2) is 105 Å². The van der Waals surface area contributed by atoms with Gasteiger partial charge in [0.2, 0.25) is 0 Å². The molecule has 9 heteroatoms. The van der Waals surface area contributed by atoms with Crippen LogP contribution in [0.15, 0.2) is 0 Å². The van der Waals surface area contributed by atoms with E-state index in [1.807, 2.05) is 0 Å². The third-order valence-electron chi connectivity index (χ3n) is 3.75. The molecular weight excluding hydrogens is 375 g/mol. The third-order valence-corrected chi connectivity index (χ3v) is 3.75. The van der Waals surface area contributed by atoms with Gasteiger partial charge in [-0.3, -0.25) is 0 Å². The molecule has 0 saturated carbocycles. The topological polar surface area (TPSA) is 73.8 Å². The summed E-state index contributed by atoms with van der Waals surface area (Å²) < 4.78 is 54.6. The first kappa shape index (κ1) is 25.6. The number of alkyl halides is 1. The van der Waals surface area contributed by atoms with E-state index in [-0.39, 0.29) is 12.9 Å². The Morgan fingerprint density at radius 2 is 1.00 bits per heavy atom. The van der Waals surface area contributed by atoms with Gasteiger partial charge >= 0.3 is 0 Å². The lowest BCUT2D eigenvalue weighted by molar-refractivity contribution is -0.169. The first-order valence-electron chi connectivity index (χ1n) is 10.2. The quantitative estimate of drug-likeness (QED) is 0.263. The van der Waals surface area contributed by atoms with Gasteiger partial charge in [-0.15, -0.1) is 0 Å².